The van der Waals surface area contributed by atoms with Gasteiger partial charge in [0.05, 0.1) is 11.9 Å². The molecule has 3 aromatic rings. The number of benzene rings is 1. The highest BCUT2D eigenvalue weighted by atomic mass is 79.9. The molecule has 0 spiro atoms. The van der Waals surface area contributed by atoms with E-state index in [9.17, 15) is 9.59 Å². The average Bonchev–Trinajstić information content (AvgIpc) is 3.53. The average molecular weight is 437 g/mol. The second-order valence-corrected chi connectivity index (χ2v) is 7.48. The summed E-state index contributed by atoms with van der Waals surface area (Å²) in [6.45, 7) is 0. The van der Waals surface area contributed by atoms with Gasteiger partial charge in [-0.2, -0.15) is 0 Å². The Labute approximate surface area is 170 Å². The summed E-state index contributed by atoms with van der Waals surface area (Å²) >= 11 is 3.42. The minimum absolute atomic E-state index is 0.232. The third kappa shape index (κ3) is 4.26. The van der Waals surface area contributed by atoms with Gasteiger partial charge in [-0.25, -0.2) is 0 Å². The first-order chi connectivity index (χ1) is 13.6. The van der Waals surface area contributed by atoms with Gasteiger partial charge in [-0.05, 0) is 48.7 Å². The second kappa shape index (κ2) is 7.90. The molecular formula is C21H17BrN4O2. The van der Waals surface area contributed by atoms with Crippen molar-refractivity contribution in [2.75, 3.05) is 5.32 Å². The molecule has 1 aromatic carbocycles. The maximum atomic E-state index is 12.8. The van der Waals surface area contributed by atoms with E-state index >= 15 is 0 Å². The summed E-state index contributed by atoms with van der Waals surface area (Å²) in [5.41, 5.74) is 3.01. The van der Waals surface area contributed by atoms with Gasteiger partial charge in [-0.15, -0.1) is 0 Å². The van der Waals surface area contributed by atoms with Gasteiger partial charge in [-0.3, -0.25) is 19.6 Å². The third-order valence-corrected chi connectivity index (χ3v) is 4.92. The van der Waals surface area contributed by atoms with E-state index in [2.05, 4.69) is 36.5 Å². The lowest BCUT2D eigenvalue weighted by Crippen LogP contribution is -2.26. The fourth-order valence-electron chi connectivity index (χ4n) is 2.75. The lowest BCUT2D eigenvalue weighted by molar-refractivity contribution is 0.0946. The van der Waals surface area contributed by atoms with Crippen LogP contribution in [-0.4, -0.2) is 27.8 Å². The summed E-state index contributed by atoms with van der Waals surface area (Å²) in [7, 11) is 0. The van der Waals surface area contributed by atoms with Crippen LogP contribution in [0.3, 0.4) is 0 Å². The van der Waals surface area contributed by atoms with Gasteiger partial charge < -0.3 is 10.6 Å². The molecule has 28 heavy (non-hydrogen) atoms. The summed E-state index contributed by atoms with van der Waals surface area (Å²) < 4.78 is 0.977. The number of pyridine rings is 2. The van der Waals surface area contributed by atoms with Crippen LogP contribution in [-0.2, 0) is 0 Å². The molecule has 0 unspecified atom stereocenters. The fourth-order valence-corrected chi connectivity index (χ4v) is 3.02. The molecule has 0 atom stereocenters. The number of rotatable bonds is 5. The van der Waals surface area contributed by atoms with Crippen LogP contribution >= 0.6 is 15.9 Å². The van der Waals surface area contributed by atoms with Gasteiger partial charge in [0, 0.05) is 34.0 Å². The highest BCUT2D eigenvalue weighted by Crippen LogP contribution is 2.28. The van der Waals surface area contributed by atoms with Crippen molar-refractivity contribution < 1.29 is 9.59 Å². The van der Waals surface area contributed by atoms with Crippen molar-refractivity contribution in [2.45, 2.75) is 18.9 Å². The Balaban J connectivity index is 1.56. The number of hydrogen-bond acceptors (Lipinski definition) is 4. The lowest BCUT2D eigenvalue weighted by atomic mass is 10.1. The number of amides is 2. The van der Waals surface area contributed by atoms with Gasteiger partial charge in [-0.1, -0.05) is 28.1 Å². The molecule has 1 aliphatic rings. The molecule has 7 heteroatoms. The summed E-state index contributed by atoms with van der Waals surface area (Å²) in [5.74, 6) is -0.580. The molecule has 0 aliphatic heterocycles. The molecule has 2 heterocycles. The van der Waals surface area contributed by atoms with Crippen LogP contribution < -0.4 is 10.6 Å². The zero-order valence-electron chi connectivity index (χ0n) is 14.9. The Morgan fingerprint density at radius 1 is 1.00 bits per heavy atom. The number of hydrogen-bond donors (Lipinski definition) is 2. The molecule has 1 fully saturated rings. The Hall–Kier alpha value is -3.06. The number of carbonyl (C=O) groups excluding carboxylic acids is 2. The summed E-state index contributed by atoms with van der Waals surface area (Å²) in [4.78, 5) is 33.1. The number of carbonyl (C=O) groups is 2. The minimum atomic E-state index is -0.325. The van der Waals surface area contributed by atoms with Gasteiger partial charge in [0.25, 0.3) is 11.8 Å². The third-order valence-electron chi connectivity index (χ3n) is 4.39. The smallest absolute Gasteiger partial charge is 0.270 e. The summed E-state index contributed by atoms with van der Waals surface area (Å²) in [6, 6.07) is 13.0. The first-order valence-corrected chi connectivity index (χ1v) is 9.68. The van der Waals surface area contributed by atoms with Crippen LogP contribution in [0, 0.1) is 0 Å². The Morgan fingerprint density at radius 2 is 1.79 bits per heavy atom. The SMILES string of the molecule is O=C(Nc1cnccc1-c1ccc(Br)cc1)c1ccnc(C(=O)NC2CC2)c1. The topological polar surface area (TPSA) is 84.0 Å². The van der Waals surface area contributed by atoms with E-state index < -0.39 is 0 Å². The van der Waals surface area contributed by atoms with Gasteiger partial charge >= 0.3 is 0 Å². The van der Waals surface area contributed by atoms with E-state index in [-0.39, 0.29) is 23.6 Å². The maximum absolute atomic E-state index is 12.8. The number of nitrogens with zero attached hydrogens (tertiary/aromatic N) is 2. The Kier molecular flexibility index (Phi) is 5.16. The van der Waals surface area contributed by atoms with E-state index in [1.807, 2.05) is 30.3 Å². The molecule has 6 nitrogen and oxygen atoms in total. The first kappa shape index (κ1) is 18.3. The largest absolute Gasteiger partial charge is 0.348 e. The lowest BCUT2D eigenvalue weighted by Gasteiger charge is -2.11. The Bertz CT molecular complexity index is 1030. The maximum Gasteiger partial charge on any atom is 0.270 e. The van der Waals surface area contributed by atoms with E-state index in [0.717, 1.165) is 28.4 Å². The van der Waals surface area contributed by atoms with Gasteiger partial charge in [0.1, 0.15) is 5.69 Å². The minimum Gasteiger partial charge on any atom is -0.348 e. The first-order valence-electron chi connectivity index (χ1n) is 8.88. The van der Waals surface area contributed by atoms with Crippen molar-refractivity contribution in [3.8, 4) is 11.1 Å². The molecule has 0 bridgehead atoms. The molecule has 140 valence electrons. The Morgan fingerprint density at radius 3 is 2.54 bits per heavy atom. The number of aromatic nitrogens is 2. The van der Waals surface area contributed by atoms with Crippen molar-refractivity contribution in [1.29, 1.82) is 0 Å². The van der Waals surface area contributed by atoms with Crippen LogP contribution in [0.15, 0.2) is 65.5 Å². The van der Waals surface area contributed by atoms with Crippen molar-refractivity contribution in [3.05, 3.63) is 76.8 Å². The predicted octanol–water partition coefficient (Wildman–Crippen LogP) is 4.05. The fraction of sp³-hybridized carbons (Fsp3) is 0.143. The zero-order valence-corrected chi connectivity index (χ0v) is 16.4. The molecule has 4 rings (SSSR count). The molecule has 2 N–H and O–H groups in total. The van der Waals surface area contributed by atoms with Crippen LogP contribution in [0.4, 0.5) is 5.69 Å². The van der Waals surface area contributed by atoms with Gasteiger partial charge in [0.2, 0.25) is 0 Å². The summed E-state index contributed by atoms with van der Waals surface area (Å²) in [6.07, 6.45) is 6.74. The van der Waals surface area contributed by atoms with E-state index in [1.165, 1.54) is 12.3 Å². The van der Waals surface area contributed by atoms with E-state index in [1.54, 1.807) is 18.5 Å². The van der Waals surface area contributed by atoms with Crippen LogP contribution in [0.5, 0.6) is 0 Å². The highest BCUT2D eigenvalue weighted by molar-refractivity contribution is 9.10. The van der Waals surface area contributed by atoms with Crippen molar-refractivity contribution in [2.24, 2.45) is 0 Å². The molecule has 0 saturated heterocycles. The summed E-state index contributed by atoms with van der Waals surface area (Å²) in [5, 5.41) is 5.76. The van der Waals surface area contributed by atoms with Crippen molar-refractivity contribution in [3.63, 3.8) is 0 Å². The van der Waals surface area contributed by atoms with Crippen LogP contribution in [0.2, 0.25) is 0 Å². The normalized spacial score (nSPS) is 13.0. The molecule has 0 radical (unpaired) electrons. The molecule has 2 aromatic heterocycles. The van der Waals surface area contributed by atoms with Crippen molar-refractivity contribution in [1.82, 2.24) is 15.3 Å². The standard InChI is InChI=1S/C21H17BrN4O2/c22-15-3-1-13(2-4-15)17-8-9-23-12-19(17)26-20(27)14-7-10-24-18(11-14)21(28)25-16-5-6-16/h1-4,7-12,16H,5-6H2,(H,25,28)(H,26,27). The highest BCUT2D eigenvalue weighted by Gasteiger charge is 2.24. The van der Waals surface area contributed by atoms with Crippen LogP contribution in [0.1, 0.15) is 33.7 Å². The van der Waals surface area contributed by atoms with E-state index in [4.69, 9.17) is 0 Å². The van der Waals surface area contributed by atoms with Gasteiger partial charge in [0.15, 0.2) is 0 Å². The predicted molar refractivity (Wildman–Crippen MR) is 110 cm³/mol. The second-order valence-electron chi connectivity index (χ2n) is 6.56. The quantitative estimate of drug-likeness (QED) is 0.631. The van der Waals surface area contributed by atoms with E-state index in [0.29, 0.717) is 11.3 Å². The molecule has 1 aliphatic carbocycles. The molecule has 1 saturated carbocycles. The molecule has 2 amide bonds. The number of nitrogens with one attached hydrogen (secondary N) is 2. The number of anilines is 1. The van der Waals surface area contributed by atoms with Crippen molar-refractivity contribution >= 4 is 33.4 Å². The number of halogens is 1. The van der Waals surface area contributed by atoms with Crippen LogP contribution in [0.25, 0.3) is 11.1 Å². The monoisotopic (exact) mass is 436 g/mol. The molecular weight excluding hydrogens is 420 g/mol. The zero-order chi connectivity index (χ0) is 19.5.